The van der Waals surface area contributed by atoms with Crippen LogP contribution in [0.4, 0.5) is 5.69 Å². The number of aromatic hydroxyl groups is 1. The fourth-order valence-corrected chi connectivity index (χ4v) is 2.74. The van der Waals surface area contributed by atoms with E-state index >= 15 is 0 Å². The molecule has 0 heterocycles. The highest BCUT2D eigenvalue weighted by Gasteiger charge is 2.13. The van der Waals surface area contributed by atoms with E-state index in [4.69, 9.17) is 4.74 Å². The minimum absolute atomic E-state index is 0.0198. The molecule has 0 saturated heterocycles. The number of phenolic OH excluding ortho intramolecular Hbond substituents is 1. The Hall–Kier alpha value is -2.21. The minimum Gasteiger partial charge on any atom is -0.508 e. The molecule has 0 aliphatic carbocycles. The lowest BCUT2D eigenvalue weighted by Gasteiger charge is -2.09. The molecule has 5 nitrogen and oxygen atoms in total. The molecule has 0 bridgehead atoms. The van der Waals surface area contributed by atoms with Gasteiger partial charge in [-0.15, -0.1) is 0 Å². The van der Waals surface area contributed by atoms with Gasteiger partial charge in [-0.1, -0.05) is 6.92 Å². The minimum atomic E-state index is -3.66. The first-order valence-electron chi connectivity index (χ1n) is 6.56. The Morgan fingerprint density at radius 1 is 1.05 bits per heavy atom. The predicted molar refractivity (Wildman–Crippen MR) is 81.1 cm³/mol. The lowest BCUT2D eigenvalue weighted by Crippen LogP contribution is -2.12. The highest BCUT2D eigenvalue weighted by molar-refractivity contribution is 7.92. The number of rotatable bonds is 6. The topological polar surface area (TPSA) is 75.6 Å². The predicted octanol–water partition coefficient (Wildman–Crippen LogP) is 2.98. The normalized spacial score (nSPS) is 11.1. The van der Waals surface area contributed by atoms with Crippen LogP contribution in [0.2, 0.25) is 0 Å². The molecule has 21 heavy (non-hydrogen) atoms. The van der Waals surface area contributed by atoms with Gasteiger partial charge >= 0.3 is 0 Å². The molecule has 2 N–H and O–H groups in total. The number of hydrogen-bond donors (Lipinski definition) is 2. The van der Waals surface area contributed by atoms with E-state index in [0.29, 0.717) is 18.0 Å². The number of ether oxygens (including phenoxy) is 1. The Bertz CT molecular complexity index is 679. The highest BCUT2D eigenvalue weighted by Crippen LogP contribution is 2.20. The molecule has 2 rings (SSSR count). The largest absolute Gasteiger partial charge is 0.508 e. The van der Waals surface area contributed by atoms with Gasteiger partial charge < -0.3 is 9.84 Å². The standard InChI is InChI=1S/C15H17NO4S/c1-2-11-20-14-7-3-12(4-8-14)16-21(18,19)15-9-5-13(17)6-10-15/h3-10,16-17H,2,11H2,1H3. The van der Waals surface area contributed by atoms with Crippen molar-refractivity contribution in [2.24, 2.45) is 0 Å². The summed E-state index contributed by atoms with van der Waals surface area (Å²) in [4.78, 5) is 0.0895. The third kappa shape index (κ3) is 4.13. The van der Waals surface area contributed by atoms with Crippen molar-refractivity contribution in [1.29, 1.82) is 0 Å². The van der Waals surface area contributed by atoms with E-state index in [2.05, 4.69) is 4.72 Å². The van der Waals surface area contributed by atoms with Crippen LogP contribution in [0.25, 0.3) is 0 Å². The summed E-state index contributed by atoms with van der Waals surface area (Å²) in [5.41, 5.74) is 0.451. The fourth-order valence-electron chi connectivity index (χ4n) is 1.68. The molecule has 0 aromatic heterocycles. The average molecular weight is 307 g/mol. The maximum atomic E-state index is 12.1. The van der Waals surface area contributed by atoms with Crippen molar-refractivity contribution >= 4 is 15.7 Å². The second kappa shape index (κ2) is 6.49. The Kier molecular flexibility index (Phi) is 4.70. The molecule has 0 aliphatic heterocycles. The van der Waals surface area contributed by atoms with Crippen LogP contribution < -0.4 is 9.46 Å². The van der Waals surface area contributed by atoms with Crippen LogP contribution in [-0.2, 0) is 10.0 Å². The maximum Gasteiger partial charge on any atom is 0.261 e. The molecule has 0 aliphatic rings. The summed E-state index contributed by atoms with van der Waals surface area (Å²) < 4.78 is 32.2. The van der Waals surface area contributed by atoms with Crippen LogP contribution in [0.15, 0.2) is 53.4 Å². The van der Waals surface area contributed by atoms with Crippen LogP contribution in [0.3, 0.4) is 0 Å². The van der Waals surface area contributed by atoms with Gasteiger partial charge in [0.1, 0.15) is 11.5 Å². The van der Waals surface area contributed by atoms with Crippen molar-refractivity contribution in [2.75, 3.05) is 11.3 Å². The van der Waals surface area contributed by atoms with Gasteiger partial charge in [0.2, 0.25) is 0 Å². The van der Waals surface area contributed by atoms with Crippen molar-refractivity contribution in [3.05, 3.63) is 48.5 Å². The van der Waals surface area contributed by atoms with Gasteiger partial charge in [-0.3, -0.25) is 4.72 Å². The first-order valence-corrected chi connectivity index (χ1v) is 8.04. The Balaban J connectivity index is 2.11. The van der Waals surface area contributed by atoms with Crippen LogP contribution >= 0.6 is 0 Å². The van der Waals surface area contributed by atoms with Crippen LogP contribution in [0.1, 0.15) is 13.3 Å². The van der Waals surface area contributed by atoms with Crippen molar-refractivity contribution in [3.8, 4) is 11.5 Å². The number of hydrogen-bond acceptors (Lipinski definition) is 4. The molecule has 2 aromatic rings. The van der Waals surface area contributed by atoms with Gasteiger partial charge in [-0.2, -0.15) is 0 Å². The zero-order valence-electron chi connectivity index (χ0n) is 11.6. The third-order valence-electron chi connectivity index (χ3n) is 2.73. The summed E-state index contributed by atoms with van der Waals surface area (Å²) in [6.45, 7) is 2.64. The first kappa shape index (κ1) is 15.2. The summed E-state index contributed by atoms with van der Waals surface area (Å²) in [7, 11) is -3.66. The van der Waals surface area contributed by atoms with Gasteiger partial charge in [0.25, 0.3) is 10.0 Å². The highest BCUT2D eigenvalue weighted by atomic mass is 32.2. The lowest BCUT2D eigenvalue weighted by molar-refractivity contribution is 0.317. The zero-order valence-corrected chi connectivity index (χ0v) is 12.4. The molecule has 0 amide bonds. The van der Waals surface area contributed by atoms with Crippen LogP contribution in [0.5, 0.6) is 11.5 Å². The van der Waals surface area contributed by atoms with E-state index in [0.717, 1.165) is 6.42 Å². The molecular weight excluding hydrogens is 290 g/mol. The Morgan fingerprint density at radius 2 is 1.67 bits per heavy atom. The van der Waals surface area contributed by atoms with E-state index in [1.54, 1.807) is 24.3 Å². The van der Waals surface area contributed by atoms with E-state index in [-0.39, 0.29) is 10.6 Å². The monoisotopic (exact) mass is 307 g/mol. The Labute approximate surface area is 124 Å². The smallest absolute Gasteiger partial charge is 0.261 e. The second-order valence-corrected chi connectivity index (χ2v) is 6.15. The van der Waals surface area contributed by atoms with Crippen molar-refractivity contribution in [1.82, 2.24) is 0 Å². The van der Waals surface area contributed by atoms with E-state index in [1.165, 1.54) is 24.3 Å². The second-order valence-electron chi connectivity index (χ2n) is 4.47. The molecular formula is C15H17NO4S. The van der Waals surface area contributed by atoms with E-state index < -0.39 is 10.0 Å². The van der Waals surface area contributed by atoms with Gasteiger partial charge in [0.05, 0.1) is 11.5 Å². The number of nitrogens with one attached hydrogen (secondary N) is 1. The van der Waals surface area contributed by atoms with Gasteiger partial charge in [-0.05, 0) is 55.0 Å². The van der Waals surface area contributed by atoms with Crippen molar-refractivity contribution in [2.45, 2.75) is 18.2 Å². The summed E-state index contributed by atoms with van der Waals surface area (Å²) in [5.74, 6) is 0.718. The first-order chi connectivity index (χ1) is 10.0. The molecule has 0 spiro atoms. The molecule has 2 aromatic carbocycles. The summed E-state index contributed by atoms with van der Waals surface area (Å²) in [6, 6.07) is 12.1. The lowest BCUT2D eigenvalue weighted by atomic mass is 10.3. The molecule has 0 saturated carbocycles. The van der Waals surface area contributed by atoms with Gasteiger partial charge in [-0.25, -0.2) is 8.42 Å². The molecule has 6 heteroatoms. The Morgan fingerprint density at radius 3 is 2.24 bits per heavy atom. The summed E-state index contributed by atoms with van der Waals surface area (Å²) >= 11 is 0. The van der Waals surface area contributed by atoms with E-state index in [1.807, 2.05) is 6.92 Å². The third-order valence-corrected chi connectivity index (χ3v) is 4.12. The van der Waals surface area contributed by atoms with E-state index in [9.17, 15) is 13.5 Å². The van der Waals surface area contributed by atoms with Gasteiger partial charge in [0, 0.05) is 5.69 Å². The quantitative estimate of drug-likeness (QED) is 0.860. The zero-order chi connectivity index (χ0) is 15.3. The molecule has 0 radical (unpaired) electrons. The van der Waals surface area contributed by atoms with Crippen LogP contribution in [0, 0.1) is 0 Å². The number of anilines is 1. The van der Waals surface area contributed by atoms with Crippen LogP contribution in [-0.4, -0.2) is 20.1 Å². The number of sulfonamides is 1. The molecule has 112 valence electrons. The fraction of sp³-hybridized carbons (Fsp3) is 0.200. The molecule has 0 unspecified atom stereocenters. The molecule has 0 atom stereocenters. The van der Waals surface area contributed by atoms with Crippen molar-refractivity contribution < 1.29 is 18.3 Å². The number of phenols is 1. The summed E-state index contributed by atoms with van der Waals surface area (Å²) in [6.07, 6.45) is 0.912. The molecule has 0 fully saturated rings. The summed E-state index contributed by atoms with van der Waals surface area (Å²) in [5, 5.41) is 9.18. The maximum absolute atomic E-state index is 12.1. The SMILES string of the molecule is CCCOc1ccc(NS(=O)(=O)c2ccc(O)cc2)cc1. The number of benzene rings is 2. The van der Waals surface area contributed by atoms with Gasteiger partial charge in [0.15, 0.2) is 0 Å². The van der Waals surface area contributed by atoms with Crippen molar-refractivity contribution in [3.63, 3.8) is 0 Å². The average Bonchev–Trinajstić information content (AvgIpc) is 2.47.